The van der Waals surface area contributed by atoms with Crippen LogP contribution in [-0.2, 0) is 14.8 Å². The molecule has 6 nitrogen and oxygen atoms in total. The van der Waals surface area contributed by atoms with Crippen LogP contribution in [0, 0.1) is 6.92 Å². The number of anilines is 2. The molecule has 2 aromatic carbocycles. The van der Waals surface area contributed by atoms with Gasteiger partial charge in [0.25, 0.3) is 0 Å². The van der Waals surface area contributed by atoms with Gasteiger partial charge in [-0.05, 0) is 55.8 Å². The predicted molar refractivity (Wildman–Crippen MR) is 109 cm³/mol. The SMILES string of the molecule is C=CCOc1ccc(NC(=O)[C@H](C)N(c2cccc(C)c2)S(C)(=O)=O)cc1. The second kappa shape index (κ2) is 8.73. The van der Waals surface area contributed by atoms with Crippen molar-refractivity contribution in [3.8, 4) is 5.75 Å². The van der Waals surface area contributed by atoms with Crippen LogP contribution in [0.1, 0.15) is 12.5 Å². The molecule has 0 aliphatic carbocycles. The van der Waals surface area contributed by atoms with Crippen LogP contribution in [0.2, 0.25) is 0 Å². The molecule has 0 saturated heterocycles. The van der Waals surface area contributed by atoms with E-state index in [-0.39, 0.29) is 0 Å². The van der Waals surface area contributed by atoms with Gasteiger partial charge in [0.05, 0.1) is 11.9 Å². The molecule has 0 bridgehead atoms. The van der Waals surface area contributed by atoms with Gasteiger partial charge in [-0.1, -0.05) is 24.8 Å². The number of rotatable bonds is 8. The Kier molecular flexibility index (Phi) is 6.63. The normalized spacial score (nSPS) is 12.1. The van der Waals surface area contributed by atoms with E-state index in [1.807, 2.05) is 13.0 Å². The molecule has 1 N–H and O–H groups in total. The number of sulfonamides is 1. The molecule has 0 radical (unpaired) electrons. The Morgan fingerprint density at radius 2 is 1.93 bits per heavy atom. The van der Waals surface area contributed by atoms with Gasteiger partial charge in [0.2, 0.25) is 15.9 Å². The number of carbonyl (C=O) groups is 1. The minimum absolute atomic E-state index is 0.391. The Labute approximate surface area is 160 Å². The largest absolute Gasteiger partial charge is 0.490 e. The Bertz CT molecular complexity index is 908. The molecule has 0 aliphatic rings. The van der Waals surface area contributed by atoms with Gasteiger partial charge in [-0.25, -0.2) is 8.42 Å². The second-order valence-corrected chi connectivity index (χ2v) is 8.05. The highest BCUT2D eigenvalue weighted by Crippen LogP contribution is 2.23. The van der Waals surface area contributed by atoms with Gasteiger partial charge >= 0.3 is 0 Å². The zero-order valence-corrected chi connectivity index (χ0v) is 16.5. The van der Waals surface area contributed by atoms with E-state index in [9.17, 15) is 13.2 Å². The van der Waals surface area contributed by atoms with Gasteiger partial charge in [0, 0.05) is 5.69 Å². The van der Waals surface area contributed by atoms with Crippen molar-refractivity contribution < 1.29 is 17.9 Å². The Morgan fingerprint density at radius 3 is 2.48 bits per heavy atom. The van der Waals surface area contributed by atoms with Gasteiger partial charge in [-0.2, -0.15) is 0 Å². The maximum absolute atomic E-state index is 12.7. The molecule has 0 aromatic heterocycles. The highest BCUT2D eigenvalue weighted by Gasteiger charge is 2.29. The van der Waals surface area contributed by atoms with E-state index in [4.69, 9.17) is 4.74 Å². The molecule has 144 valence electrons. The average Bonchev–Trinajstić information content (AvgIpc) is 2.60. The number of nitrogens with one attached hydrogen (secondary N) is 1. The number of amides is 1. The van der Waals surface area contributed by atoms with Crippen molar-refractivity contribution in [3.05, 3.63) is 66.7 Å². The number of nitrogens with zero attached hydrogens (tertiary/aromatic N) is 1. The van der Waals surface area contributed by atoms with Gasteiger partial charge in [0.15, 0.2) is 0 Å². The molecule has 2 aromatic rings. The standard InChI is InChI=1S/C20H24N2O4S/c1-5-13-26-19-11-9-17(10-12-19)21-20(23)16(3)22(27(4,24)25)18-8-6-7-15(2)14-18/h5-12,14,16H,1,13H2,2-4H3,(H,21,23)/t16-/m0/s1. The van der Waals surface area contributed by atoms with E-state index in [0.717, 1.165) is 16.1 Å². The number of hydrogen-bond donors (Lipinski definition) is 1. The first kappa shape index (κ1) is 20.5. The molecule has 2 rings (SSSR count). The molecule has 1 amide bonds. The molecule has 1 atom stereocenters. The summed E-state index contributed by atoms with van der Waals surface area (Å²) in [5.74, 6) is 0.222. The summed E-state index contributed by atoms with van der Waals surface area (Å²) in [6, 6.07) is 12.9. The average molecular weight is 388 g/mol. The fourth-order valence-corrected chi connectivity index (χ4v) is 3.78. The number of hydrogen-bond acceptors (Lipinski definition) is 4. The van der Waals surface area contributed by atoms with Crippen LogP contribution < -0.4 is 14.4 Å². The zero-order valence-electron chi connectivity index (χ0n) is 15.7. The molecular weight excluding hydrogens is 364 g/mol. The zero-order chi connectivity index (χ0) is 20.0. The van der Waals surface area contributed by atoms with Crippen LogP contribution in [0.25, 0.3) is 0 Å². The Morgan fingerprint density at radius 1 is 1.26 bits per heavy atom. The van der Waals surface area contributed by atoms with Crippen LogP contribution >= 0.6 is 0 Å². The summed E-state index contributed by atoms with van der Waals surface area (Å²) in [5.41, 5.74) is 1.91. The van der Waals surface area contributed by atoms with E-state index in [1.54, 1.807) is 55.5 Å². The van der Waals surface area contributed by atoms with Gasteiger partial charge < -0.3 is 10.1 Å². The monoisotopic (exact) mass is 388 g/mol. The van der Waals surface area contributed by atoms with Crippen molar-refractivity contribution in [1.82, 2.24) is 0 Å². The maximum atomic E-state index is 12.7. The first-order valence-corrected chi connectivity index (χ1v) is 10.3. The van der Waals surface area contributed by atoms with Crippen LogP contribution in [0.15, 0.2) is 61.2 Å². The molecule has 0 fully saturated rings. The number of aryl methyl sites for hydroxylation is 1. The molecule has 0 saturated carbocycles. The van der Waals surface area contributed by atoms with E-state index in [2.05, 4.69) is 11.9 Å². The molecular formula is C20H24N2O4S. The van der Waals surface area contributed by atoms with Crippen LogP contribution in [0.5, 0.6) is 5.75 Å². The molecule has 7 heteroatoms. The lowest BCUT2D eigenvalue weighted by Crippen LogP contribution is -2.45. The van der Waals surface area contributed by atoms with Crippen LogP contribution in [0.3, 0.4) is 0 Å². The summed E-state index contributed by atoms with van der Waals surface area (Å²) in [6.45, 7) is 7.40. The third-order valence-corrected chi connectivity index (χ3v) is 5.08. The van der Waals surface area contributed by atoms with E-state index in [1.165, 1.54) is 0 Å². The molecule has 0 heterocycles. The van der Waals surface area contributed by atoms with Gasteiger partial charge in [-0.15, -0.1) is 0 Å². The minimum Gasteiger partial charge on any atom is -0.490 e. The third kappa shape index (κ3) is 5.59. The van der Waals surface area contributed by atoms with Crippen molar-refractivity contribution in [2.24, 2.45) is 0 Å². The predicted octanol–water partition coefficient (Wildman–Crippen LogP) is 3.35. The van der Waals surface area contributed by atoms with Crippen molar-refractivity contribution in [1.29, 1.82) is 0 Å². The van der Waals surface area contributed by atoms with Crippen molar-refractivity contribution in [2.45, 2.75) is 19.9 Å². The van der Waals surface area contributed by atoms with Gasteiger partial charge in [0.1, 0.15) is 18.4 Å². The van der Waals surface area contributed by atoms with Crippen molar-refractivity contribution >= 4 is 27.3 Å². The fourth-order valence-electron chi connectivity index (χ4n) is 2.61. The highest BCUT2D eigenvalue weighted by molar-refractivity contribution is 7.92. The topological polar surface area (TPSA) is 75.7 Å². The Balaban J connectivity index is 2.19. The van der Waals surface area contributed by atoms with Crippen molar-refractivity contribution in [3.63, 3.8) is 0 Å². The van der Waals surface area contributed by atoms with E-state index in [0.29, 0.717) is 23.7 Å². The number of ether oxygens (including phenoxy) is 1. The lowest BCUT2D eigenvalue weighted by Gasteiger charge is -2.28. The first-order chi connectivity index (χ1) is 12.7. The summed E-state index contributed by atoms with van der Waals surface area (Å²) >= 11 is 0. The number of carbonyl (C=O) groups excluding carboxylic acids is 1. The Hall–Kier alpha value is -2.80. The molecule has 0 spiro atoms. The van der Waals surface area contributed by atoms with Crippen LogP contribution in [-0.4, -0.2) is 33.2 Å². The molecule has 0 aliphatic heterocycles. The lowest BCUT2D eigenvalue weighted by atomic mass is 10.2. The van der Waals surface area contributed by atoms with Crippen LogP contribution in [0.4, 0.5) is 11.4 Å². The lowest BCUT2D eigenvalue weighted by molar-refractivity contribution is -0.116. The molecule has 0 unspecified atom stereocenters. The number of benzene rings is 2. The fraction of sp³-hybridized carbons (Fsp3) is 0.250. The summed E-state index contributed by atoms with van der Waals surface area (Å²) in [5, 5.41) is 2.74. The highest BCUT2D eigenvalue weighted by atomic mass is 32.2. The van der Waals surface area contributed by atoms with Gasteiger partial charge in [-0.3, -0.25) is 9.10 Å². The third-order valence-electron chi connectivity index (χ3n) is 3.83. The summed E-state index contributed by atoms with van der Waals surface area (Å²) in [7, 11) is -3.65. The molecule has 27 heavy (non-hydrogen) atoms. The summed E-state index contributed by atoms with van der Waals surface area (Å²) in [6.07, 6.45) is 2.73. The summed E-state index contributed by atoms with van der Waals surface area (Å²) in [4.78, 5) is 12.7. The van der Waals surface area contributed by atoms with Crippen molar-refractivity contribution in [2.75, 3.05) is 22.5 Å². The minimum atomic E-state index is -3.65. The van der Waals surface area contributed by atoms with E-state index >= 15 is 0 Å². The summed E-state index contributed by atoms with van der Waals surface area (Å²) < 4.78 is 31.1. The quantitative estimate of drug-likeness (QED) is 0.704. The maximum Gasteiger partial charge on any atom is 0.247 e. The smallest absolute Gasteiger partial charge is 0.247 e. The second-order valence-electron chi connectivity index (χ2n) is 6.19. The van der Waals surface area contributed by atoms with E-state index < -0.39 is 22.0 Å². The first-order valence-electron chi connectivity index (χ1n) is 8.43.